The van der Waals surface area contributed by atoms with E-state index >= 15 is 0 Å². The van der Waals surface area contributed by atoms with Crippen LogP contribution in [0.15, 0.2) is 16.6 Å². The summed E-state index contributed by atoms with van der Waals surface area (Å²) in [5.74, 6) is 4.43. The Bertz CT molecular complexity index is 337. The summed E-state index contributed by atoms with van der Waals surface area (Å²) in [4.78, 5) is 4.47. The van der Waals surface area contributed by atoms with Crippen molar-refractivity contribution in [2.75, 3.05) is 23.4 Å². The van der Waals surface area contributed by atoms with Gasteiger partial charge in [-0.15, -0.1) is 0 Å². The van der Waals surface area contributed by atoms with Crippen molar-refractivity contribution in [3.63, 3.8) is 0 Å². The Balaban J connectivity index is 1.90. The summed E-state index contributed by atoms with van der Waals surface area (Å²) in [5.41, 5.74) is 1.04. The summed E-state index contributed by atoms with van der Waals surface area (Å²) >= 11 is 5.51. The second-order valence-electron chi connectivity index (χ2n) is 3.87. The molecule has 4 heteroatoms. The van der Waals surface area contributed by atoms with Crippen molar-refractivity contribution >= 4 is 33.5 Å². The monoisotopic (exact) mass is 286 g/mol. The molecule has 15 heavy (non-hydrogen) atoms. The third-order valence-electron chi connectivity index (χ3n) is 2.62. The van der Waals surface area contributed by atoms with Gasteiger partial charge in [-0.25, -0.2) is 4.98 Å². The molecule has 1 aromatic rings. The van der Waals surface area contributed by atoms with Crippen molar-refractivity contribution in [3.05, 3.63) is 22.3 Å². The van der Waals surface area contributed by atoms with Gasteiger partial charge in [0.25, 0.3) is 0 Å². The first kappa shape index (κ1) is 11.3. The molecule has 0 radical (unpaired) electrons. The standard InChI is InChI=1S/C11H15BrN2S/c1-8-10(12)2-3-11(14-8)13-6-9-4-5-15-7-9/h2-3,9H,4-7H2,1H3,(H,13,14). The van der Waals surface area contributed by atoms with Crippen LogP contribution in [0.2, 0.25) is 0 Å². The number of pyridine rings is 1. The number of nitrogens with one attached hydrogen (secondary N) is 1. The normalized spacial score (nSPS) is 20.5. The lowest BCUT2D eigenvalue weighted by Gasteiger charge is -2.11. The van der Waals surface area contributed by atoms with Gasteiger partial charge in [0.15, 0.2) is 0 Å². The average molecular weight is 287 g/mol. The number of hydrogen-bond donors (Lipinski definition) is 1. The molecule has 0 aromatic carbocycles. The second kappa shape index (κ2) is 5.21. The molecule has 0 saturated carbocycles. The van der Waals surface area contributed by atoms with Crippen molar-refractivity contribution in [1.29, 1.82) is 0 Å². The largest absolute Gasteiger partial charge is 0.370 e. The van der Waals surface area contributed by atoms with Crippen LogP contribution in [0.3, 0.4) is 0 Å². The van der Waals surface area contributed by atoms with E-state index in [1.165, 1.54) is 17.9 Å². The van der Waals surface area contributed by atoms with Gasteiger partial charge in [-0.1, -0.05) is 0 Å². The molecule has 1 aliphatic rings. The van der Waals surface area contributed by atoms with E-state index in [2.05, 4.69) is 38.0 Å². The van der Waals surface area contributed by atoms with E-state index in [-0.39, 0.29) is 0 Å². The number of anilines is 1. The van der Waals surface area contributed by atoms with Gasteiger partial charge >= 0.3 is 0 Å². The molecule has 2 heterocycles. The van der Waals surface area contributed by atoms with Gasteiger partial charge < -0.3 is 5.32 Å². The summed E-state index contributed by atoms with van der Waals surface area (Å²) in [5, 5.41) is 3.41. The van der Waals surface area contributed by atoms with Crippen LogP contribution < -0.4 is 5.32 Å². The highest BCUT2D eigenvalue weighted by Crippen LogP contribution is 2.24. The van der Waals surface area contributed by atoms with Crippen molar-refractivity contribution in [2.45, 2.75) is 13.3 Å². The SMILES string of the molecule is Cc1nc(NCC2CCSC2)ccc1Br. The lowest BCUT2D eigenvalue weighted by Crippen LogP contribution is -2.14. The molecule has 0 aliphatic carbocycles. The first-order valence-electron chi connectivity index (χ1n) is 5.20. The van der Waals surface area contributed by atoms with Crippen molar-refractivity contribution in [2.24, 2.45) is 5.92 Å². The predicted molar refractivity (Wildman–Crippen MR) is 70.6 cm³/mol. The van der Waals surface area contributed by atoms with Crippen molar-refractivity contribution < 1.29 is 0 Å². The zero-order chi connectivity index (χ0) is 10.7. The molecule has 1 unspecified atom stereocenters. The van der Waals surface area contributed by atoms with Gasteiger partial charge in [0.05, 0.1) is 5.69 Å². The van der Waals surface area contributed by atoms with Gasteiger partial charge in [0.1, 0.15) is 5.82 Å². The number of rotatable bonds is 3. The number of aromatic nitrogens is 1. The zero-order valence-electron chi connectivity index (χ0n) is 8.79. The molecular formula is C11H15BrN2S. The molecule has 1 aliphatic heterocycles. The van der Waals surface area contributed by atoms with Gasteiger partial charge in [0.2, 0.25) is 0 Å². The molecule has 0 bridgehead atoms. The fourth-order valence-electron chi connectivity index (χ4n) is 1.64. The van der Waals surface area contributed by atoms with Crippen LogP contribution in [0.5, 0.6) is 0 Å². The minimum atomic E-state index is 0.820. The Morgan fingerprint density at radius 3 is 3.13 bits per heavy atom. The van der Waals surface area contributed by atoms with E-state index in [1.54, 1.807) is 0 Å². The topological polar surface area (TPSA) is 24.9 Å². The van der Waals surface area contributed by atoms with Gasteiger partial charge in [-0.2, -0.15) is 11.8 Å². The van der Waals surface area contributed by atoms with Gasteiger partial charge in [-0.3, -0.25) is 0 Å². The van der Waals surface area contributed by atoms with Crippen molar-refractivity contribution in [1.82, 2.24) is 4.98 Å². The van der Waals surface area contributed by atoms with Crippen LogP contribution in [-0.4, -0.2) is 23.0 Å². The quantitative estimate of drug-likeness (QED) is 0.923. The molecule has 0 amide bonds. The summed E-state index contributed by atoms with van der Waals surface area (Å²) in [6.07, 6.45) is 1.34. The molecule has 2 rings (SSSR count). The fourth-order valence-corrected chi connectivity index (χ4v) is 3.14. The third kappa shape index (κ3) is 3.11. The smallest absolute Gasteiger partial charge is 0.126 e. The van der Waals surface area contributed by atoms with E-state index < -0.39 is 0 Å². The highest BCUT2D eigenvalue weighted by molar-refractivity contribution is 9.10. The Hall–Kier alpha value is -0.220. The molecule has 1 atom stereocenters. The molecule has 0 spiro atoms. The minimum Gasteiger partial charge on any atom is -0.370 e. The second-order valence-corrected chi connectivity index (χ2v) is 5.88. The first-order valence-corrected chi connectivity index (χ1v) is 7.15. The highest BCUT2D eigenvalue weighted by Gasteiger charge is 2.14. The molecular weight excluding hydrogens is 272 g/mol. The number of nitrogens with zero attached hydrogens (tertiary/aromatic N) is 1. The molecule has 1 fully saturated rings. The summed E-state index contributed by atoms with van der Waals surface area (Å²) in [6.45, 7) is 3.07. The van der Waals surface area contributed by atoms with E-state index in [0.717, 1.165) is 28.4 Å². The van der Waals surface area contributed by atoms with Crippen LogP contribution >= 0.6 is 27.7 Å². The number of hydrogen-bond acceptors (Lipinski definition) is 3. The number of aryl methyl sites for hydroxylation is 1. The maximum atomic E-state index is 4.47. The number of halogens is 1. The summed E-state index contributed by atoms with van der Waals surface area (Å²) < 4.78 is 1.07. The molecule has 2 nitrogen and oxygen atoms in total. The Labute approximate surface area is 103 Å². The van der Waals surface area contributed by atoms with Crippen LogP contribution in [0.1, 0.15) is 12.1 Å². The number of thioether (sulfide) groups is 1. The maximum Gasteiger partial charge on any atom is 0.126 e. The van der Waals surface area contributed by atoms with Crippen LogP contribution in [0, 0.1) is 12.8 Å². The first-order chi connectivity index (χ1) is 7.25. The highest BCUT2D eigenvalue weighted by atomic mass is 79.9. The lowest BCUT2D eigenvalue weighted by molar-refractivity contribution is 0.630. The van der Waals surface area contributed by atoms with Crippen molar-refractivity contribution in [3.8, 4) is 0 Å². The molecule has 1 aromatic heterocycles. The predicted octanol–water partition coefficient (Wildman–Crippen LogP) is 3.32. The van der Waals surface area contributed by atoms with Crippen LogP contribution in [-0.2, 0) is 0 Å². The van der Waals surface area contributed by atoms with E-state index in [9.17, 15) is 0 Å². The Morgan fingerprint density at radius 1 is 1.60 bits per heavy atom. The van der Waals surface area contributed by atoms with Crippen LogP contribution in [0.25, 0.3) is 0 Å². The third-order valence-corrected chi connectivity index (χ3v) is 4.69. The lowest BCUT2D eigenvalue weighted by atomic mass is 10.1. The van der Waals surface area contributed by atoms with Crippen LogP contribution in [0.4, 0.5) is 5.82 Å². The Kier molecular flexibility index (Phi) is 3.92. The van der Waals surface area contributed by atoms with Gasteiger partial charge in [-0.05, 0) is 58.8 Å². The summed E-state index contributed by atoms with van der Waals surface area (Å²) in [6, 6.07) is 4.08. The van der Waals surface area contributed by atoms with Gasteiger partial charge in [0, 0.05) is 11.0 Å². The van der Waals surface area contributed by atoms with E-state index in [1.807, 2.05) is 19.1 Å². The zero-order valence-corrected chi connectivity index (χ0v) is 11.2. The minimum absolute atomic E-state index is 0.820. The van der Waals surface area contributed by atoms with E-state index in [4.69, 9.17) is 0 Å². The fraction of sp³-hybridized carbons (Fsp3) is 0.545. The molecule has 1 N–H and O–H groups in total. The molecule has 1 saturated heterocycles. The maximum absolute atomic E-state index is 4.47. The Morgan fingerprint density at radius 2 is 2.47 bits per heavy atom. The summed E-state index contributed by atoms with van der Waals surface area (Å²) in [7, 11) is 0. The van der Waals surface area contributed by atoms with E-state index in [0.29, 0.717) is 0 Å². The molecule has 82 valence electrons. The average Bonchev–Trinajstić information content (AvgIpc) is 2.73.